The van der Waals surface area contributed by atoms with Crippen molar-refractivity contribution in [2.45, 2.75) is 40.0 Å². The van der Waals surface area contributed by atoms with Gasteiger partial charge in [-0.25, -0.2) is 4.98 Å². The molecule has 0 saturated heterocycles. The van der Waals surface area contributed by atoms with Crippen LogP contribution in [-0.2, 0) is 0 Å². The van der Waals surface area contributed by atoms with Gasteiger partial charge in [0.05, 0.1) is 5.69 Å². The Labute approximate surface area is 109 Å². The number of rotatable bonds is 1. The van der Waals surface area contributed by atoms with Crippen molar-refractivity contribution in [1.82, 2.24) is 4.98 Å². The van der Waals surface area contributed by atoms with Crippen LogP contribution < -0.4 is 0 Å². The van der Waals surface area contributed by atoms with Crippen molar-refractivity contribution in [3.05, 3.63) is 23.0 Å². The first kappa shape index (κ1) is 19.3. The molecule has 0 aliphatic carbocycles. The van der Waals surface area contributed by atoms with Crippen LogP contribution in [0, 0.1) is 0 Å². The van der Waals surface area contributed by atoms with E-state index in [0.717, 1.165) is 12.1 Å². The van der Waals surface area contributed by atoms with Gasteiger partial charge >= 0.3 is 6.18 Å². The number of aromatic nitrogens is 1. The molecular formula is C11H17ClF3NO2. The molecule has 0 aromatic carbocycles. The summed E-state index contributed by atoms with van der Waals surface area (Å²) in [6.45, 7) is 8.00. The molecule has 0 saturated carbocycles. The average molecular weight is 288 g/mol. The van der Waals surface area contributed by atoms with Crippen molar-refractivity contribution in [2.24, 2.45) is 0 Å². The lowest BCUT2D eigenvalue weighted by Crippen LogP contribution is -2.21. The molecule has 18 heavy (non-hydrogen) atoms. The van der Waals surface area contributed by atoms with Gasteiger partial charge < -0.3 is 10.2 Å². The van der Waals surface area contributed by atoms with E-state index < -0.39 is 28.9 Å². The number of aliphatic hydroxyl groups is 1. The van der Waals surface area contributed by atoms with Crippen LogP contribution in [0.25, 0.3) is 0 Å². The van der Waals surface area contributed by atoms with Crippen molar-refractivity contribution in [2.75, 3.05) is 0 Å². The molecule has 1 heterocycles. The van der Waals surface area contributed by atoms with E-state index >= 15 is 0 Å². The second-order valence-corrected chi connectivity index (χ2v) is 2.85. The minimum absolute atomic E-state index is 0.440. The summed E-state index contributed by atoms with van der Waals surface area (Å²) >= 11 is 5.27. The van der Waals surface area contributed by atoms with Crippen molar-refractivity contribution in [3.8, 4) is 5.75 Å². The fourth-order valence-electron chi connectivity index (χ4n) is 0.761. The molecule has 7 heteroatoms. The molecule has 3 nitrogen and oxygen atoms in total. The summed E-state index contributed by atoms with van der Waals surface area (Å²) < 4.78 is 35.9. The lowest BCUT2D eigenvalue weighted by Gasteiger charge is -2.13. The molecule has 0 radical (unpaired) electrons. The third-order valence-corrected chi connectivity index (χ3v) is 1.72. The van der Waals surface area contributed by atoms with Gasteiger partial charge in [0.25, 0.3) is 0 Å². The molecule has 1 atom stereocenters. The van der Waals surface area contributed by atoms with E-state index in [1.807, 2.05) is 27.7 Å². The Balaban J connectivity index is 0. The number of hydrogen-bond acceptors (Lipinski definition) is 3. The highest BCUT2D eigenvalue weighted by Gasteiger charge is 2.40. The Hall–Kier alpha value is -1.01. The van der Waals surface area contributed by atoms with Crippen molar-refractivity contribution in [1.29, 1.82) is 0 Å². The van der Waals surface area contributed by atoms with Crippen LogP contribution in [0.15, 0.2) is 12.1 Å². The first-order valence-electron chi connectivity index (χ1n) is 5.42. The van der Waals surface area contributed by atoms with Crippen molar-refractivity contribution >= 4 is 11.6 Å². The second kappa shape index (κ2) is 8.99. The first-order chi connectivity index (χ1) is 8.32. The van der Waals surface area contributed by atoms with Gasteiger partial charge in [-0.1, -0.05) is 39.3 Å². The van der Waals surface area contributed by atoms with Gasteiger partial charge in [0.1, 0.15) is 0 Å². The van der Waals surface area contributed by atoms with E-state index in [1.165, 1.54) is 0 Å². The molecule has 0 fully saturated rings. The van der Waals surface area contributed by atoms with E-state index in [4.69, 9.17) is 21.8 Å². The number of nitrogens with zero attached hydrogens (tertiary/aromatic N) is 1. The maximum Gasteiger partial charge on any atom is 0.420 e. The summed E-state index contributed by atoms with van der Waals surface area (Å²) in [7, 11) is 0. The zero-order valence-electron chi connectivity index (χ0n) is 10.6. The third-order valence-electron chi connectivity index (χ3n) is 1.44. The monoisotopic (exact) mass is 287 g/mol. The minimum atomic E-state index is -4.80. The Morgan fingerprint density at radius 1 is 1.17 bits per heavy atom. The standard InChI is InChI=1S/C7H5ClF3NO2.2C2H6/c8-6-4(13)2-1-3(12-6)5(14)7(9,10)11;2*1-2/h1-2,5,13-14H;2*1-2H3. The first-order valence-corrected chi connectivity index (χ1v) is 5.80. The van der Waals surface area contributed by atoms with Crippen molar-refractivity contribution in [3.63, 3.8) is 0 Å². The summed E-state index contributed by atoms with van der Waals surface area (Å²) in [6, 6.07) is 1.78. The van der Waals surface area contributed by atoms with Crippen LogP contribution in [0.3, 0.4) is 0 Å². The van der Waals surface area contributed by atoms with Gasteiger partial charge in [0, 0.05) is 0 Å². The lowest BCUT2D eigenvalue weighted by atomic mass is 10.2. The number of alkyl halides is 3. The van der Waals surface area contributed by atoms with E-state index in [2.05, 4.69) is 4.98 Å². The number of aromatic hydroxyl groups is 1. The summed E-state index contributed by atoms with van der Waals surface area (Å²) in [5, 5.41) is 17.1. The van der Waals surface area contributed by atoms with Gasteiger partial charge in [0.15, 0.2) is 17.0 Å². The molecule has 1 unspecified atom stereocenters. The predicted octanol–water partition coefficient (Wildman–Crippen LogP) is 4.09. The summed E-state index contributed by atoms with van der Waals surface area (Å²) in [5.74, 6) is -0.440. The molecular weight excluding hydrogens is 271 g/mol. The highest BCUT2D eigenvalue weighted by atomic mass is 35.5. The molecule has 0 spiro atoms. The van der Waals surface area contributed by atoms with Crippen LogP contribution in [-0.4, -0.2) is 21.4 Å². The fraction of sp³-hybridized carbons (Fsp3) is 0.545. The zero-order valence-corrected chi connectivity index (χ0v) is 11.3. The van der Waals surface area contributed by atoms with Crippen LogP contribution in [0.4, 0.5) is 13.2 Å². The number of halogens is 4. The van der Waals surface area contributed by atoms with E-state index in [9.17, 15) is 13.2 Å². The topological polar surface area (TPSA) is 53.4 Å². The third kappa shape index (κ3) is 6.07. The Kier molecular flexibility index (Phi) is 9.66. The number of hydrogen-bond donors (Lipinski definition) is 2. The van der Waals surface area contributed by atoms with Crippen molar-refractivity contribution < 1.29 is 23.4 Å². The highest BCUT2D eigenvalue weighted by Crippen LogP contribution is 2.33. The zero-order chi connectivity index (χ0) is 14.9. The molecule has 2 N–H and O–H groups in total. The molecule has 1 aromatic rings. The van der Waals surface area contributed by atoms with Gasteiger partial charge in [0.2, 0.25) is 0 Å². The fourth-order valence-corrected chi connectivity index (χ4v) is 0.922. The second-order valence-electron chi connectivity index (χ2n) is 2.49. The van der Waals surface area contributed by atoms with E-state index in [0.29, 0.717) is 0 Å². The quantitative estimate of drug-likeness (QED) is 0.765. The molecule has 0 amide bonds. The van der Waals surface area contributed by atoms with Crippen LogP contribution in [0.1, 0.15) is 39.5 Å². The number of pyridine rings is 1. The lowest BCUT2D eigenvalue weighted by molar-refractivity contribution is -0.207. The summed E-state index contributed by atoms with van der Waals surface area (Å²) in [6.07, 6.45) is -7.49. The predicted molar refractivity (Wildman–Crippen MR) is 64.6 cm³/mol. The SMILES string of the molecule is CC.CC.Oc1ccc(C(O)C(F)(F)F)nc1Cl. The molecule has 106 valence electrons. The molecule has 0 aliphatic rings. The Morgan fingerprint density at radius 3 is 1.94 bits per heavy atom. The van der Waals surface area contributed by atoms with Gasteiger partial charge in [-0.05, 0) is 12.1 Å². The summed E-state index contributed by atoms with van der Waals surface area (Å²) in [5.41, 5.74) is -0.652. The van der Waals surface area contributed by atoms with E-state index in [1.54, 1.807) is 0 Å². The van der Waals surface area contributed by atoms with Crippen LogP contribution >= 0.6 is 11.6 Å². The van der Waals surface area contributed by atoms with Gasteiger partial charge in [-0.3, -0.25) is 0 Å². The largest absolute Gasteiger partial charge is 0.505 e. The van der Waals surface area contributed by atoms with E-state index in [-0.39, 0.29) is 0 Å². The maximum absolute atomic E-state index is 12.0. The van der Waals surface area contributed by atoms with Gasteiger partial charge in [-0.2, -0.15) is 13.2 Å². The molecule has 0 bridgehead atoms. The average Bonchev–Trinajstić information content (AvgIpc) is 2.35. The molecule has 1 aromatic heterocycles. The van der Waals surface area contributed by atoms with Crippen LogP contribution in [0.5, 0.6) is 5.75 Å². The summed E-state index contributed by atoms with van der Waals surface area (Å²) in [4.78, 5) is 3.18. The molecule has 0 aliphatic heterocycles. The normalized spacial score (nSPS) is 11.6. The van der Waals surface area contributed by atoms with Gasteiger partial charge in [-0.15, -0.1) is 0 Å². The highest BCUT2D eigenvalue weighted by molar-refractivity contribution is 6.30. The smallest absolute Gasteiger partial charge is 0.420 e. The molecule has 1 rings (SSSR count). The maximum atomic E-state index is 12.0. The minimum Gasteiger partial charge on any atom is -0.505 e. The Morgan fingerprint density at radius 2 is 1.61 bits per heavy atom. The van der Waals surface area contributed by atoms with Crippen LogP contribution in [0.2, 0.25) is 5.15 Å². The Bertz CT molecular complexity index is 346. The number of aliphatic hydroxyl groups excluding tert-OH is 1.